The van der Waals surface area contributed by atoms with Gasteiger partial charge in [0.05, 0.1) is 18.3 Å². The molecule has 5 nitrogen and oxygen atoms in total. The van der Waals surface area contributed by atoms with Gasteiger partial charge in [0.2, 0.25) is 0 Å². The molecular weight excluding hydrogens is 276 g/mol. The van der Waals surface area contributed by atoms with Crippen molar-refractivity contribution in [1.29, 1.82) is 0 Å². The van der Waals surface area contributed by atoms with E-state index in [9.17, 15) is 0 Å². The van der Waals surface area contributed by atoms with E-state index >= 15 is 0 Å². The van der Waals surface area contributed by atoms with Crippen LogP contribution in [0.15, 0.2) is 36.4 Å². The first-order valence-corrected chi connectivity index (χ1v) is 7.57. The lowest BCUT2D eigenvalue weighted by Crippen LogP contribution is -2.12. The Morgan fingerprint density at radius 1 is 1.14 bits per heavy atom. The van der Waals surface area contributed by atoms with Crippen molar-refractivity contribution in [2.75, 3.05) is 13.7 Å². The molecule has 0 saturated carbocycles. The average molecular weight is 294 g/mol. The number of methoxy groups -OCH3 is 1. The number of aryl methyl sites for hydroxylation is 1. The fraction of sp³-hybridized carbons (Fsp3) is 0.294. The summed E-state index contributed by atoms with van der Waals surface area (Å²) in [6.45, 7) is 2.00. The van der Waals surface area contributed by atoms with Crippen LogP contribution in [0.5, 0.6) is 5.75 Å². The molecule has 1 N–H and O–H groups in total. The van der Waals surface area contributed by atoms with Gasteiger partial charge in [-0.1, -0.05) is 11.3 Å². The highest BCUT2D eigenvalue weighted by atomic mass is 16.5. The summed E-state index contributed by atoms with van der Waals surface area (Å²) >= 11 is 0. The molecule has 0 spiro atoms. The highest BCUT2D eigenvalue weighted by Gasteiger charge is 2.12. The van der Waals surface area contributed by atoms with E-state index in [1.165, 1.54) is 17.5 Å². The van der Waals surface area contributed by atoms with Gasteiger partial charge in [-0.2, -0.15) is 0 Å². The van der Waals surface area contributed by atoms with Crippen molar-refractivity contribution in [3.8, 4) is 11.4 Å². The molecule has 112 valence electrons. The van der Waals surface area contributed by atoms with Crippen LogP contribution in [0.4, 0.5) is 0 Å². The molecule has 1 aliphatic rings. The largest absolute Gasteiger partial charge is 0.497 e. The number of ether oxygens (including phenoxy) is 1. The predicted molar refractivity (Wildman–Crippen MR) is 85.4 cm³/mol. The lowest BCUT2D eigenvalue weighted by Gasteiger charge is -2.09. The molecular formula is C17H18N4O. The van der Waals surface area contributed by atoms with E-state index in [4.69, 9.17) is 4.74 Å². The first kappa shape index (κ1) is 13.3. The van der Waals surface area contributed by atoms with E-state index in [1.54, 1.807) is 7.11 Å². The van der Waals surface area contributed by atoms with Gasteiger partial charge in [-0.3, -0.25) is 0 Å². The van der Waals surface area contributed by atoms with Crippen LogP contribution in [0.3, 0.4) is 0 Å². The molecule has 1 aromatic heterocycles. The number of hydrogen-bond acceptors (Lipinski definition) is 4. The van der Waals surface area contributed by atoms with Crippen LogP contribution >= 0.6 is 0 Å². The molecule has 2 heterocycles. The van der Waals surface area contributed by atoms with Gasteiger partial charge >= 0.3 is 0 Å². The second-order valence-electron chi connectivity index (χ2n) is 5.59. The van der Waals surface area contributed by atoms with E-state index < -0.39 is 0 Å². The quantitative estimate of drug-likeness (QED) is 0.789. The third-order valence-electron chi connectivity index (χ3n) is 4.20. The molecule has 22 heavy (non-hydrogen) atoms. The summed E-state index contributed by atoms with van der Waals surface area (Å²) in [7, 11) is 1.66. The zero-order valence-electron chi connectivity index (χ0n) is 12.5. The summed E-state index contributed by atoms with van der Waals surface area (Å²) in [5.74, 6) is 0.797. The Morgan fingerprint density at radius 3 is 3.00 bits per heavy atom. The SMILES string of the molecule is COc1ccc2c(c1)nnn2-c1ccc2c(c1)CNCCC2. The van der Waals surface area contributed by atoms with Gasteiger partial charge in [-0.05, 0) is 54.8 Å². The maximum Gasteiger partial charge on any atom is 0.121 e. The van der Waals surface area contributed by atoms with Gasteiger partial charge in [0.15, 0.2) is 0 Å². The minimum Gasteiger partial charge on any atom is -0.497 e. The normalized spacial score (nSPS) is 14.6. The number of fused-ring (bicyclic) bond motifs is 2. The van der Waals surface area contributed by atoms with Crippen LogP contribution in [0.1, 0.15) is 17.5 Å². The zero-order valence-corrected chi connectivity index (χ0v) is 12.5. The molecule has 0 amide bonds. The second-order valence-corrected chi connectivity index (χ2v) is 5.59. The molecule has 5 heteroatoms. The van der Waals surface area contributed by atoms with Gasteiger partial charge in [-0.25, -0.2) is 4.68 Å². The molecule has 0 unspecified atom stereocenters. The zero-order chi connectivity index (χ0) is 14.9. The summed E-state index contributed by atoms with van der Waals surface area (Å²) in [6.07, 6.45) is 2.33. The van der Waals surface area contributed by atoms with E-state index in [2.05, 4.69) is 33.8 Å². The first-order chi connectivity index (χ1) is 10.8. The number of benzene rings is 2. The van der Waals surface area contributed by atoms with Crippen LogP contribution in [0, 0.1) is 0 Å². The second kappa shape index (κ2) is 5.42. The first-order valence-electron chi connectivity index (χ1n) is 7.57. The number of rotatable bonds is 2. The molecule has 0 aliphatic carbocycles. The van der Waals surface area contributed by atoms with Crippen LogP contribution < -0.4 is 10.1 Å². The lowest BCUT2D eigenvalue weighted by molar-refractivity contribution is 0.415. The molecule has 1 aliphatic heterocycles. The van der Waals surface area contributed by atoms with Gasteiger partial charge in [-0.15, -0.1) is 5.10 Å². The van der Waals surface area contributed by atoms with Crippen molar-refractivity contribution < 1.29 is 4.74 Å². The Balaban J connectivity index is 1.80. The topological polar surface area (TPSA) is 52.0 Å². The summed E-state index contributed by atoms with van der Waals surface area (Å²) in [4.78, 5) is 0. The van der Waals surface area contributed by atoms with E-state index in [-0.39, 0.29) is 0 Å². The van der Waals surface area contributed by atoms with Crippen LogP contribution in [-0.2, 0) is 13.0 Å². The number of nitrogens with zero attached hydrogens (tertiary/aromatic N) is 3. The fourth-order valence-corrected chi connectivity index (χ4v) is 3.00. The smallest absolute Gasteiger partial charge is 0.121 e. The standard InChI is InChI=1S/C17H18N4O/c1-22-15-6-7-17-16(10-15)19-20-21(17)14-5-4-12-3-2-8-18-11-13(12)9-14/h4-7,9-10,18H,2-3,8,11H2,1H3. The van der Waals surface area contributed by atoms with E-state index in [0.717, 1.165) is 42.0 Å². The maximum absolute atomic E-state index is 5.24. The number of hydrogen-bond donors (Lipinski definition) is 1. The van der Waals surface area contributed by atoms with Crippen molar-refractivity contribution in [1.82, 2.24) is 20.3 Å². The van der Waals surface area contributed by atoms with Crippen LogP contribution in [0.2, 0.25) is 0 Å². The fourth-order valence-electron chi connectivity index (χ4n) is 3.00. The Labute approximate surface area is 128 Å². The average Bonchev–Trinajstić information content (AvgIpc) is 2.83. The molecule has 0 atom stereocenters. The number of nitrogens with one attached hydrogen (secondary N) is 1. The third-order valence-corrected chi connectivity index (χ3v) is 4.20. The van der Waals surface area contributed by atoms with Crippen molar-refractivity contribution >= 4 is 11.0 Å². The number of aromatic nitrogens is 3. The van der Waals surface area contributed by atoms with E-state index in [0.29, 0.717) is 0 Å². The highest BCUT2D eigenvalue weighted by molar-refractivity contribution is 5.77. The molecule has 0 bridgehead atoms. The lowest BCUT2D eigenvalue weighted by atomic mass is 10.0. The highest BCUT2D eigenvalue weighted by Crippen LogP contribution is 2.23. The van der Waals surface area contributed by atoms with Crippen molar-refractivity contribution in [2.24, 2.45) is 0 Å². The molecule has 3 aromatic rings. The Bertz CT molecular complexity index is 825. The minimum atomic E-state index is 0.797. The molecule has 0 fully saturated rings. The Morgan fingerprint density at radius 2 is 2.09 bits per heavy atom. The van der Waals surface area contributed by atoms with Crippen molar-refractivity contribution in [2.45, 2.75) is 19.4 Å². The monoisotopic (exact) mass is 294 g/mol. The van der Waals surface area contributed by atoms with Crippen molar-refractivity contribution in [3.05, 3.63) is 47.5 Å². The predicted octanol–water partition coefficient (Wildman–Crippen LogP) is 2.46. The summed E-state index contributed by atoms with van der Waals surface area (Å²) in [6, 6.07) is 12.4. The van der Waals surface area contributed by atoms with E-state index in [1.807, 2.05) is 22.9 Å². The molecule has 0 saturated heterocycles. The molecule has 0 radical (unpaired) electrons. The van der Waals surface area contributed by atoms with Crippen LogP contribution in [0.25, 0.3) is 16.7 Å². The summed E-state index contributed by atoms with van der Waals surface area (Å²) in [5, 5.41) is 12.0. The van der Waals surface area contributed by atoms with Gasteiger partial charge < -0.3 is 10.1 Å². The Hall–Kier alpha value is -2.40. The minimum absolute atomic E-state index is 0.797. The summed E-state index contributed by atoms with van der Waals surface area (Å²) < 4.78 is 7.13. The Kier molecular flexibility index (Phi) is 3.27. The molecule has 2 aromatic carbocycles. The molecule has 4 rings (SSSR count). The van der Waals surface area contributed by atoms with Crippen molar-refractivity contribution in [3.63, 3.8) is 0 Å². The van der Waals surface area contributed by atoms with Crippen LogP contribution in [-0.4, -0.2) is 28.6 Å². The maximum atomic E-state index is 5.24. The van der Waals surface area contributed by atoms with Gasteiger partial charge in [0.1, 0.15) is 11.3 Å². The van der Waals surface area contributed by atoms with Gasteiger partial charge in [0.25, 0.3) is 0 Å². The summed E-state index contributed by atoms with van der Waals surface area (Å²) in [5.41, 5.74) is 5.66. The third kappa shape index (κ3) is 2.23. The van der Waals surface area contributed by atoms with Gasteiger partial charge in [0, 0.05) is 12.6 Å².